The van der Waals surface area contributed by atoms with Crippen molar-refractivity contribution in [2.45, 2.75) is 6.42 Å². The van der Waals surface area contributed by atoms with E-state index >= 15 is 0 Å². The molecular weight excluding hydrogens is 242 g/mol. The van der Waals surface area contributed by atoms with E-state index in [1.54, 1.807) is 6.20 Å². The van der Waals surface area contributed by atoms with Gasteiger partial charge in [0.25, 0.3) is 0 Å². The number of amidine groups is 1. The first-order valence-corrected chi connectivity index (χ1v) is 5.88. The van der Waals surface area contributed by atoms with Crippen LogP contribution >= 0.6 is 0 Å². The van der Waals surface area contributed by atoms with Gasteiger partial charge < -0.3 is 15.8 Å². The molecule has 2 rings (SSSR count). The third-order valence-electron chi connectivity index (χ3n) is 2.62. The van der Waals surface area contributed by atoms with Crippen molar-refractivity contribution in [1.82, 2.24) is 10.2 Å². The normalized spacial score (nSPS) is 11.3. The van der Waals surface area contributed by atoms with Crippen molar-refractivity contribution in [3.05, 3.63) is 48.7 Å². The molecule has 98 valence electrons. The summed E-state index contributed by atoms with van der Waals surface area (Å²) in [5, 5.41) is 19.6. The van der Waals surface area contributed by atoms with E-state index in [2.05, 4.69) is 15.4 Å². The summed E-state index contributed by atoms with van der Waals surface area (Å²) in [4.78, 5) is 1.96. The number of hydrogen-bond acceptors (Lipinski definition) is 5. The number of nitrogens with zero attached hydrogens (tertiary/aromatic N) is 4. The van der Waals surface area contributed by atoms with Crippen LogP contribution in [0.2, 0.25) is 0 Å². The molecule has 0 atom stereocenters. The van der Waals surface area contributed by atoms with E-state index in [9.17, 15) is 0 Å². The van der Waals surface area contributed by atoms with E-state index in [-0.39, 0.29) is 5.84 Å². The molecule has 3 N–H and O–H groups in total. The molecule has 0 aliphatic heterocycles. The molecule has 6 nitrogen and oxygen atoms in total. The zero-order chi connectivity index (χ0) is 13.5. The second-order valence-corrected chi connectivity index (χ2v) is 3.91. The largest absolute Gasteiger partial charge is 0.409 e. The van der Waals surface area contributed by atoms with Crippen LogP contribution in [0.4, 0.5) is 11.5 Å². The van der Waals surface area contributed by atoms with Crippen LogP contribution in [0.3, 0.4) is 0 Å². The molecule has 0 fully saturated rings. The average molecular weight is 257 g/mol. The summed E-state index contributed by atoms with van der Waals surface area (Å²) in [5.74, 6) is 0.907. The first-order chi connectivity index (χ1) is 9.31. The Morgan fingerprint density at radius 3 is 2.63 bits per heavy atom. The van der Waals surface area contributed by atoms with Crippen molar-refractivity contribution in [1.29, 1.82) is 0 Å². The molecule has 0 unspecified atom stereocenters. The van der Waals surface area contributed by atoms with Gasteiger partial charge in [0, 0.05) is 24.8 Å². The Kier molecular flexibility index (Phi) is 4.28. The van der Waals surface area contributed by atoms with Crippen LogP contribution in [-0.2, 0) is 0 Å². The van der Waals surface area contributed by atoms with Gasteiger partial charge in [-0.1, -0.05) is 23.4 Å². The Labute approximate surface area is 111 Å². The van der Waals surface area contributed by atoms with Gasteiger partial charge in [0.2, 0.25) is 0 Å². The van der Waals surface area contributed by atoms with Crippen molar-refractivity contribution in [3.8, 4) is 0 Å². The lowest BCUT2D eigenvalue weighted by molar-refractivity contribution is 0.317. The molecule has 0 aliphatic rings. The molecule has 0 radical (unpaired) electrons. The van der Waals surface area contributed by atoms with Gasteiger partial charge in [-0.05, 0) is 24.3 Å². The summed E-state index contributed by atoms with van der Waals surface area (Å²) in [6.07, 6.45) is 2.05. The molecule has 0 saturated carbocycles. The molecule has 19 heavy (non-hydrogen) atoms. The van der Waals surface area contributed by atoms with Crippen LogP contribution in [0.15, 0.2) is 53.8 Å². The van der Waals surface area contributed by atoms with Gasteiger partial charge in [0.15, 0.2) is 5.82 Å². The summed E-state index contributed by atoms with van der Waals surface area (Å²) in [6.45, 7) is 0.554. The first-order valence-electron chi connectivity index (χ1n) is 5.88. The molecule has 1 heterocycles. The molecule has 1 aromatic carbocycles. The lowest BCUT2D eigenvalue weighted by Crippen LogP contribution is -2.25. The van der Waals surface area contributed by atoms with Gasteiger partial charge in [0.05, 0.1) is 0 Å². The molecule has 2 aromatic rings. The van der Waals surface area contributed by atoms with Crippen LogP contribution in [0.5, 0.6) is 0 Å². The Morgan fingerprint density at radius 2 is 2.00 bits per heavy atom. The second-order valence-electron chi connectivity index (χ2n) is 3.91. The number of para-hydroxylation sites is 1. The van der Waals surface area contributed by atoms with E-state index in [4.69, 9.17) is 10.9 Å². The highest BCUT2D eigenvalue weighted by Gasteiger charge is 2.11. The smallest absolute Gasteiger partial charge is 0.155 e. The summed E-state index contributed by atoms with van der Waals surface area (Å²) in [6, 6.07) is 13.5. The Hall–Kier alpha value is -2.63. The molecule has 1 aromatic heterocycles. The summed E-state index contributed by atoms with van der Waals surface area (Å²) < 4.78 is 0. The number of nitrogens with two attached hydrogens (primary N) is 1. The van der Waals surface area contributed by atoms with Crippen LogP contribution in [0.1, 0.15) is 6.42 Å². The molecule has 0 aliphatic carbocycles. The number of anilines is 2. The maximum Gasteiger partial charge on any atom is 0.155 e. The fraction of sp³-hybridized carbons (Fsp3) is 0.154. The summed E-state index contributed by atoms with van der Waals surface area (Å²) >= 11 is 0. The SMILES string of the molecule is NC(CCN(c1ccccc1)c1cccnn1)=NO. The number of aromatic nitrogens is 2. The Morgan fingerprint density at radius 1 is 1.21 bits per heavy atom. The lowest BCUT2D eigenvalue weighted by Gasteiger charge is -2.22. The molecular formula is C13H15N5O. The number of benzene rings is 1. The molecule has 0 spiro atoms. The van der Waals surface area contributed by atoms with Gasteiger partial charge >= 0.3 is 0 Å². The fourth-order valence-corrected chi connectivity index (χ4v) is 1.70. The second kappa shape index (κ2) is 6.34. The van der Waals surface area contributed by atoms with Crippen LogP contribution in [0.25, 0.3) is 0 Å². The van der Waals surface area contributed by atoms with E-state index in [0.717, 1.165) is 11.5 Å². The van der Waals surface area contributed by atoms with Gasteiger partial charge in [-0.2, -0.15) is 5.10 Å². The quantitative estimate of drug-likeness (QED) is 0.369. The van der Waals surface area contributed by atoms with Crippen LogP contribution in [-0.4, -0.2) is 27.8 Å². The maximum atomic E-state index is 8.61. The zero-order valence-electron chi connectivity index (χ0n) is 10.3. The number of oxime groups is 1. The van der Waals surface area contributed by atoms with Crippen molar-refractivity contribution in [2.75, 3.05) is 11.4 Å². The van der Waals surface area contributed by atoms with Gasteiger partial charge in [-0.25, -0.2) is 0 Å². The van der Waals surface area contributed by atoms with Gasteiger partial charge in [0.1, 0.15) is 5.84 Å². The highest BCUT2D eigenvalue weighted by molar-refractivity contribution is 5.80. The van der Waals surface area contributed by atoms with Gasteiger partial charge in [-0.3, -0.25) is 0 Å². The van der Waals surface area contributed by atoms with E-state index in [0.29, 0.717) is 13.0 Å². The van der Waals surface area contributed by atoms with E-state index in [1.807, 2.05) is 47.4 Å². The van der Waals surface area contributed by atoms with Crippen LogP contribution in [0, 0.1) is 0 Å². The average Bonchev–Trinajstić information content (AvgIpc) is 2.49. The monoisotopic (exact) mass is 257 g/mol. The summed E-state index contributed by atoms with van der Waals surface area (Å²) in [5.41, 5.74) is 6.50. The van der Waals surface area contributed by atoms with Crippen molar-refractivity contribution < 1.29 is 5.21 Å². The summed E-state index contributed by atoms with van der Waals surface area (Å²) in [7, 11) is 0. The Bertz CT molecular complexity index is 490. The fourth-order valence-electron chi connectivity index (χ4n) is 1.70. The zero-order valence-corrected chi connectivity index (χ0v) is 10.3. The molecule has 0 saturated heterocycles. The maximum absolute atomic E-state index is 8.61. The topological polar surface area (TPSA) is 87.6 Å². The predicted octanol–water partition coefficient (Wildman–Crippen LogP) is 1.75. The highest BCUT2D eigenvalue weighted by atomic mass is 16.4. The molecule has 0 bridgehead atoms. The number of hydrogen-bond donors (Lipinski definition) is 2. The van der Waals surface area contributed by atoms with Crippen molar-refractivity contribution in [2.24, 2.45) is 10.9 Å². The standard InChI is InChI=1S/C13H15N5O/c14-12(17-19)8-10-18(11-5-2-1-3-6-11)13-7-4-9-15-16-13/h1-7,9,19H,8,10H2,(H2,14,17). The lowest BCUT2D eigenvalue weighted by atomic mass is 10.2. The highest BCUT2D eigenvalue weighted by Crippen LogP contribution is 2.22. The van der Waals surface area contributed by atoms with Crippen LogP contribution < -0.4 is 10.6 Å². The van der Waals surface area contributed by atoms with Crippen molar-refractivity contribution >= 4 is 17.3 Å². The molecule has 0 amide bonds. The third kappa shape index (κ3) is 3.41. The molecule has 6 heteroatoms. The van der Waals surface area contributed by atoms with Crippen molar-refractivity contribution in [3.63, 3.8) is 0 Å². The minimum atomic E-state index is 0.185. The van der Waals surface area contributed by atoms with E-state index in [1.165, 1.54) is 0 Å². The minimum absolute atomic E-state index is 0.185. The number of rotatable bonds is 5. The Balaban J connectivity index is 2.24. The first kappa shape index (κ1) is 12.8. The van der Waals surface area contributed by atoms with E-state index < -0.39 is 0 Å². The van der Waals surface area contributed by atoms with Gasteiger partial charge in [-0.15, -0.1) is 5.10 Å². The predicted molar refractivity (Wildman–Crippen MR) is 73.5 cm³/mol. The minimum Gasteiger partial charge on any atom is -0.409 e. The third-order valence-corrected chi connectivity index (χ3v) is 2.62.